The molecule has 0 saturated carbocycles. The van der Waals surface area contributed by atoms with Crippen LogP contribution in [-0.4, -0.2) is 68.5 Å². The molecule has 2 aromatic heterocycles. The minimum Gasteiger partial charge on any atom is -0.389 e. The van der Waals surface area contributed by atoms with Crippen molar-refractivity contribution < 1.29 is 9.90 Å². The number of aliphatic hydroxyl groups is 1. The lowest BCUT2D eigenvalue weighted by atomic mass is 9.77. The van der Waals surface area contributed by atoms with Crippen molar-refractivity contribution in [3.8, 4) is 0 Å². The van der Waals surface area contributed by atoms with Gasteiger partial charge >= 0.3 is 0 Å². The van der Waals surface area contributed by atoms with E-state index in [0.717, 1.165) is 5.56 Å². The normalized spacial score (nSPS) is 23.1. The summed E-state index contributed by atoms with van der Waals surface area (Å²) in [7, 11) is 3.95. The molecule has 1 aliphatic rings. The number of likely N-dealkylation sites (N-methyl/N-ethyl adjacent to an activating group) is 1. The number of piperidine rings is 1. The second kappa shape index (κ2) is 6.75. The van der Waals surface area contributed by atoms with E-state index in [9.17, 15) is 9.90 Å². The van der Waals surface area contributed by atoms with Crippen molar-refractivity contribution in [2.24, 2.45) is 0 Å². The number of imidazole rings is 1. The second-order valence-electron chi connectivity index (χ2n) is 7.15. The average molecular weight is 365 g/mol. The van der Waals surface area contributed by atoms with Crippen molar-refractivity contribution in [2.45, 2.75) is 18.1 Å². The smallest absolute Gasteiger partial charge is 0.274 e. The molecule has 4 rings (SSSR count). The van der Waals surface area contributed by atoms with Crippen LogP contribution in [0.15, 0.2) is 55.0 Å². The number of β-amino-alcohol motifs (C(OH)–C–C–N with tert-alkyl or cyclic N) is 1. The minimum absolute atomic E-state index is 0.181. The monoisotopic (exact) mass is 365 g/mol. The van der Waals surface area contributed by atoms with Gasteiger partial charge in [0.15, 0.2) is 0 Å². The molecule has 0 aliphatic carbocycles. The van der Waals surface area contributed by atoms with E-state index in [0.29, 0.717) is 24.4 Å². The summed E-state index contributed by atoms with van der Waals surface area (Å²) < 4.78 is 1.72. The topological polar surface area (TPSA) is 74.0 Å². The van der Waals surface area contributed by atoms with Gasteiger partial charge in [-0.1, -0.05) is 30.3 Å². The molecule has 140 valence electrons. The molecule has 0 unspecified atom stereocenters. The van der Waals surface area contributed by atoms with Gasteiger partial charge in [0.2, 0.25) is 5.78 Å². The fraction of sp³-hybridized carbons (Fsp3) is 0.350. The molecule has 1 fully saturated rings. The Morgan fingerprint density at radius 1 is 1.26 bits per heavy atom. The number of likely N-dealkylation sites (tertiary alicyclic amines) is 1. The Morgan fingerprint density at radius 3 is 2.70 bits per heavy atom. The molecule has 0 bridgehead atoms. The summed E-state index contributed by atoms with van der Waals surface area (Å²) in [5, 5.41) is 11.1. The van der Waals surface area contributed by atoms with Crippen molar-refractivity contribution in [2.75, 3.05) is 27.2 Å². The van der Waals surface area contributed by atoms with E-state index >= 15 is 0 Å². The summed E-state index contributed by atoms with van der Waals surface area (Å²) in [5.74, 6) is 0.310. The zero-order chi connectivity index (χ0) is 19.0. The Morgan fingerprint density at radius 2 is 2.04 bits per heavy atom. The van der Waals surface area contributed by atoms with Crippen LogP contribution >= 0.6 is 0 Å². The van der Waals surface area contributed by atoms with E-state index in [4.69, 9.17) is 0 Å². The number of aliphatic hydroxyl groups excluding tert-OH is 1. The molecule has 1 aliphatic heterocycles. The highest BCUT2D eigenvalue weighted by molar-refractivity contribution is 5.92. The minimum atomic E-state index is -0.706. The highest BCUT2D eigenvalue weighted by Gasteiger charge is 2.46. The highest BCUT2D eigenvalue weighted by Crippen LogP contribution is 2.37. The number of amides is 1. The van der Waals surface area contributed by atoms with Gasteiger partial charge in [-0.3, -0.25) is 14.1 Å². The molecule has 1 amide bonds. The van der Waals surface area contributed by atoms with Crippen molar-refractivity contribution in [1.82, 2.24) is 24.2 Å². The van der Waals surface area contributed by atoms with Gasteiger partial charge in [0.05, 0.1) is 11.6 Å². The molecule has 0 spiro atoms. The number of fused-ring (bicyclic) bond motifs is 1. The fourth-order valence-electron chi connectivity index (χ4n) is 4.05. The van der Waals surface area contributed by atoms with E-state index in [-0.39, 0.29) is 12.5 Å². The van der Waals surface area contributed by atoms with Gasteiger partial charge in [-0.15, -0.1) is 0 Å². The molecule has 1 N–H and O–H groups in total. The first-order chi connectivity index (χ1) is 13.0. The number of benzene rings is 1. The summed E-state index contributed by atoms with van der Waals surface area (Å²) in [5.41, 5.74) is 0.892. The first kappa shape index (κ1) is 17.6. The van der Waals surface area contributed by atoms with Gasteiger partial charge in [-0.25, -0.2) is 9.97 Å². The zero-order valence-electron chi connectivity index (χ0n) is 15.5. The van der Waals surface area contributed by atoms with Gasteiger partial charge in [0, 0.05) is 31.7 Å². The van der Waals surface area contributed by atoms with Crippen LogP contribution in [0.2, 0.25) is 0 Å². The second-order valence-corrected chi connectivity index (χ2v) is 7.15. The molecule has 1 saturated heterocycles. The molecule has 2 atom stereocenters. The molecule has 7 nitrogen and oxygen atoms in total. The Hall–Kier alpha value is -2.77. The zero-order valence-corrected chi connectivity index (χ0v) is 15.5. The van der Waals surface area contributed by atoms with Gasteiger partial charge in [-0.2, -0.15) is 0 Å². The van der Waals surface area contributed by atoms with Crippen molar-refractivity contribution >= 4 is 11.7 Å². The number of aromatic nitrogens is 3. The average Bonchev–Trinajstić information content (AvgIpc) is 3.12. The predicted octanol–water partition coefficient (Wildman–Crippen LogP) is 1.39. The highest BCUT2D eigenvalue weighted by atomic mass is 16.3. The Balaban J connectivity index is 1.59. The van der Waals surface area contributed by atoms with Crippen LogP contribution in [0.3, 0.4) is 0 Å². The van der Waals surface area contributed by atoms with Crippen molar-refractivity contribution in [3.05, 3.63) is 66.2 Å². The maximum atomic E-state index is 12.9. The lowest BCUT2D eigenvalue weighted by molar-refractivity contribution is -0.0613. The third-order valence-corrected chi connectivity index (χ3v) is 5.52. The van der Waals surface area contributed by atoms with Crippen LogP contribution in [0, 0.1) is 0 Å². The van der Waals surface area contributed by atoms with E-state index in [2.05, 4.69) is 14.9 Å². The van der Waals surface area contributed by atoms with Crippen LogP contribution in [0.25, 0.3) is 5.78 Å². The summed E-state index contributed by atoms with van der Waals surface area (Å²) in [4.78, 5) is 25.1. The number of hydrogen-bond acceptors (Lipinski definition) is 5. The molecule has 0 radical (unpaired) electrons. The van der Waals surface area contributed by atoms with Gasteiger partial charge in [0.1, 0.15) is 5.69 Å². The van der Waals surface area contributed by atoms with Crippen molar-refractivity contribution in [3.63, 3.8) is 0 Å². The quantitative estimate of drug-likeness (QED) is 0.759. The maximum Gasteiger partial charge on any atom is 0.274 e. The van der Waals surface area contributed by atoms with Gasteiger partial charge in [0.25, 0.3) is 5.91 Å². The molecule has 3 aromatic rings. The SMILES string of the molecule is CN(C)[C@]1(c2ccccc2)CCN(C(=O)c2cn3cccnc3n2)C[C@H]1O. The van der Waals surface area contributed by atoms with Gasteiger partial charge < -0.3 is 10.0 Å². The van der Waals surface area contributed by atoms with E-state index in [1.165, 1.54) is 0 Å². The van der Waals surface area contributed by atoms with Crippen LogP contribution in [0.5, 0.6) is 0 Å². The van der Waals surface area contributed by atoms with Crippen LogP contribution in [0.1, 0.15) is 22.5 Å². The van der Waals surface area contributed by atoms with E-state index in [1.807, 2.05) is 50.6 Å². The maximum absolute atomic E-state index is 12.9. The van der Waals surface area contributed by atoms with E-state index < -0.39 is 11.6 Å². The van der Waals surface area contributed by atoms with Crippen LogP contribution in [-0.2, 0) is 5.54 Å². The number of hydrogen-bond donors (Lipinski definition) is 1. The molecule has 3 heterocycles. The first-order valence-electron chi connectivity index (χ1n) is 9.02. The summed E-state index contributed by atoms with van der Waals surface area (Å²) in [6.07, 6.45) is 5.07. The summed E-state index contributed by atoms with van der Waals surface area (Å²) in [6.45, 7) is 0.803. The number of carbonyl (C=O) groups is 1. The van der Waals surface area contributed by atoms with E-state index in [1.54, 1.807) is 27.8 Å². The number of nitrogens with zero attached hydrogens (tertiary/aromatic N) is 5. The van der Waals surface area contributed by atoms with Crippen LogP contribution < -0.4 is 0 Å². The Labute approximate surface area is 157 Å². The molecule has 7 heteroatoms. The molecule has 27 heavy (non-hydrogen) atoms. The summed E-state index contributed by atoms with van der Waals surface area (Å²) >= 11 is 0. The van der Waals surface area contributed by atoms with Crippen molar-refractivity contribution in [1.29, 1.82) is 0 Å². The molecular weight excluding hydrogens is 342 g/mol. The Kier molecular flexibility index (Phi) is 4.41. The van der Waals surface area contributed by atoms with Crippen LogP contribution in [0.4, 0.5) is 0 Å². The number of rotatable bonds is 3. The largest absolute Gasteiger partial charge is 0.389 e. The first-order valence-corrected chi connectivity index (χ1v) is 9.02. The third-order valence-electron chi connectivity index (χ3n) is 5.52. The van der Waals surface area contributed by atoms with Gasteiger partial charge in [-0.05, 0) is 32.1 Å². The lowest BCUT2D eigenvalue weighted by Crippen LogP contribution is -2.60. The Bertz CT molecular complexity index is 922. The summed E-state index contributed by atoms with van der Waals surface area (Å²) in [6, 6.07) is 11.8. The fourth-order valence-corrected chi connectivity index (χ4v) is 4.05. The predicted molar refractivity (Wildman–Crippen MR) is 101 cm³/mol. The molecular formula is C20H23N5O2. The lowest BCUT2D eigenvalue weighted by Gasteiger charge is -2.49. The molecule has 1 aromatic carbocycles. The third kappa shape index (κ3) is 2.89. The standard InChI is InChI=1S/C20H23N5O2/c1-23(2)20(15-7-4-3-5-8-15)9-12-24(14-17(20)26)18(27)16-13-25-11-6-10-21-19(25)22-16/h3-8,10-11,13,17,26H,9,12,14H2,1-2H3/t17-,20+/m1/s1. The number of carbonyl (C=O) groups excluding carboxylic acids is 1.